The Kier molecular flexibility index (Phi) is 3.99. The fourth-order valence-corrected chi connectivity index (χ4v) is 1.95. The summed E-state index contributed by atoms with van der Waals surface area (Å²) in [6.07, 6.45) is 0. The molecule has 0 fully saturated rings. The molecule has 102 valence electrons. The Hall–Kier alpha value is -2.11. The molecule has 6 heteroatoms. The Morgan fingerprint density at radius 3 is 2.74 bits per heavy atom. The molecule has 0 spiro atoms. The SMILES string of the molecule is CCN(CC)C(=O)CNc1nc2cccc(C)n2n1. The van der Waals surface area contributed by atoms with Gasteiger partial charge in [0.05, 0.1) is 6.54 Å². The average molecular weight is 261 g/mol. The second-order valence-corrected chi connectivity index (χ2v) is 4.29. The highest BCUT2D eigenvalue weighted by Crippen LogP contribution is 2.07. The normalized spacial score (nSPS) is 10.7. The molecule has 0 aliphatic heterocycles. The minimum atomic E-state index is 0.0561. The molecule has 2 heterocycles. The predicted molar refractivity (Wildman–Crippen MR) is 74.1 cm³/mol. The average Bonchev–Trinajstić information content (AvgIpc) is 2.82. The van der Waals surface area contributed by atoms with Crippen LogP contribution in [0.4, 0.5) is 5.95 Å². The summed E-state index contributed by atoms with van der Waals surface area (Å²) in [5.74, 6) is 0.537. The van der Waals surface area contributed by atoms with Crippen molar-refractivity contribution in [2.45, 2.75) is 20.8 Å². The lowest BCUT2D eigenvalue weighted by Gasteiger charge is -2.18. The Balaban J connectivity index is 2.06. The van der Waals surface area contributed by atoms with E-state index in [0.29, 0.717) is 19.0 Å². The summed E-state index contributed by atoms with van der Waals surface area (Å²) < 4.78 is 1.75. The number of rotatable bonds is 5. The Morgan fingerprint density at radius 2 is 2.11 bits per heavy atom. The minimum absolute atomic E-state index is 0.0561. The monoisotopic (exact) mass is 261 g/mol. The van der Waals surface area contributed by atoms with Gasteiger partial charge in [0, 0.05) is 18.8 Å². The smallest absolute Gasteiger partial charge is 0.243 e. The van der Waals surface area contributed by atoms with Gasteiger partial charge in [-0.05, 0) is 32.9 Å². The van der Waals surface area contributed by atoms with Crippen molar-refractivity contribution in [2.75, 3.05) is 25.0 Å². The van der Waals surface area contributed by atoms with Crippen molar-refractivity contribution in [3.05, 3.63) is 23.9 Å². The zero-order chi connectivity index (χ0) is 13.8. The van der Waals surface area contributed by atoms with Crippen LogP contribution in [0, 0.1) is 6.92 Å². The molecule has 0 aliphatic rings. The number of hydrogen-bond donors (Lipinski definition) is 1. The fraction of sp³-hybridized carbons (Fsp3) is 0.462. The summed E-state index contributed by atoms with van der Waals surface area (Å²) in [4.78, 5) is 18.0. The van der Waals surface area contributed by atoms with Crippen LogP contribution in [0.1, 0.15) is 19.5 Å². The van der Waals surface area contributed by atoms with E-state index in [9.17, 15) is 4.79 Å². The van der Waals surface area contributed by atoms with E-state index >= 15 is 0 Å². The highest BCUT2D eigenvalue weighted by molar-refractivity contribution is 5.80. The number of anilines is 1. The molecule has 19 heavy (non-hydrogen) atoms. The van der Waals surface area contributed by atoms with Crippen molar-refractivity contribution in [3.63, 3.8) is 0 Å². The maximum atomic E-state index is 11.9. The number of amides is 1. The minimum Gasteiger partial charge on any atom is -0.344 e. The van der Waals surface area contributed by atoms with Crippen LogP contribution in [0.25, 0.3) is 5.65 Å². The second-order valence-electron chi connectivity index (χ2n) is 4.29. The van der Waals surface area contributed by atoms with Gasteiger partial charge in [-0.3, -0.25) is 4.79 Å². The zero-order valence-corrected chi connectivity index (χ0v) is 11.6. The van der Waals surface area contributed by atoms with Crippen molar-refractivity contribution in [3.8, 4) is 0 Å². The summed E-state index contributed by atoms with van der Waals surface area (Å²) >= 11 is 0. The summed E-state index contributed by atoms with van der Waals surface area (Å²) in [6.45, 7) is 7.55. The first-order valence-corrected chi connectivity index (χ1v) is 6.49. The lowest BCUT2D eigenvalue weighted by Crippen LogP contribution is -2.35. The van der Waals surface area contributed by atoms with Gasteiger partial charge in [0.25, 0.3) is 0 Å². The maximum absolute atomic E-state index is 11.9. The number of nitrogens with zero attached hydrogens (tertiary/aromatic N) is 4. The van der Waals surface area contributed by atoms with E-state index in [-0.39, 0.29) is 12.5 Å². The van der Waals surface area contributed by atoms with E-state index < -0.39 is 0 Å². The molecule has 0 atom stereocenters. The molecule has 2 aromatic rings. The number of carbonyl (C=O) groups is 1. The van der Waals surface area contributed by atoms with Gasteiger partial charge >= 0.3 is 0 Å². The van der Waals surface area contributed by atoms with Gasteiger partial charge in [0.1, 0.15) is 0 Å². The summed E-state index contributed by atoms with van der Waals surface area (Å²) in [6, 6.07) is 5.79. The van der Waals surface area contributed by atoms with Crippen LogP contribution in [-0.4, -0.2) is 45.0 Å². The maximum Gasteiger partial charge on any atom is 0.243 e. The van der Waals surface area contributed by atoms with Crippen molar-refractivity contribution in [2.24, 2.45) is 0 Å². The molecule has 0 unspecified atom stereocenters. The van der Waals surface area contributed by atoms with Gasteiger partial charge < -0.3 is 10.2 Å². The number of hydrogen-bond acceptors (Lipinski definition) is 4. The molecule has 2 rings (SSSR count). The predicted octanol–water partition coefficient (Wildman–Crippen LogP) is 1.32. The van der Waals surface area contributed by atoms with E-state index in [0.717, 1.165) is 11.3 Å². The number of likely N-dealkylation sites (N-methyl/N-ethyl adjacent to an activating group) is 1. The zero-order valence-electron chi connectivity index (χ0n) is 11.6. The highest BCUT2D eigenvalue weighted by atomic mass is 16.2. The molecule has 0 radical (unpaired) electrons. The third-order valence-electron chi connectivity index (χ3n) is 3.06. The lowest BCUT2D eigenvalue weighted by molar-refractivity contribution is -0.128. The van der Waals surface area contributed by atoms with Crippen molar-refractivity contribution >= 4 is 17.5 Å². The molecule has 0 aromatic carbocycles. The number of fused-ring (bicyclic) bond motifs is 1. The van der Waals surface area contributed by atoms with E-state index in [4.69, 9.17) is 0 Å². The van der Waals surface area contributed by atoms with E-state index in [1.165, 1.54) is 0 Å². The largest absolute Gasteiger partial charge is 0.344 e. The molecular weight excluding hydrogens is 242 g/mol. The van der Waals surface area contributed by atoms with Gasteiger partial charge in [-0.1, -0.05) is 6.07 Å². The van der Waals surface area contributed by atoms with Gasteiger partial charge in [-0.25, -0.2) is 4.52 Å². The number of pyridine rings is 1. The number of aryl methyl sites for hydroxylation is 1. The van der Waals surface area contributed by atoms with Crippen LogP contribution >= 0.6 is 0 Å². The summed E-state index contributed by atoms with van der Waals surface area (Å²) in [7, 11) is 0. The van der Waals surface area contributed by atoms with Crippen molar-refractivity contribution < 1.29 is 4.79 Å². The van der Waals surface area contributed by atoms with Crippen LogP contribution in [0.3, 0.4) is 0 Å². The summed E-state index contributed by atoms with van der Waals surface area (Å²) in [5.41, 5.74) is 1.78. The van der Waals surface area contributed by atoms with Crippen molar-refractivity contribution in [1.29, 1.82) is 0 Å². The quantitative estimate of drug-likeness (QED) is 0.881. The van der Waals surface area contributed by atoms with Crippen molar-refractivity contribution in [1.82, 2.24) is 19.5 Å². The standard InChI is InChI=1S/C13H19N5O/c1-4-17(5-2)12(19)9-14-13-15-11-8-6-7-10(3)18(11)16-13/h6-8H,4-5,9H2,1-3H3,(H,14,16). The van der Waals surface area contributed by atoms with E-state index in [2.05, 4.69) is 15.4 Å². The topological polar surface area (TPSA) is 62.5 Å². The molecule has 0 saturated carbocycles. The van der Waals surface area contributed by atoms with Crippen LogP contribution in [0.2, 0.25) is 0 Å². The number of aromatic nitrogens is 3. The lowest BCUT2D eigenvalue weighted by atomic mass is 10.4. The van der Waals surface area contributed by atoms with Gasteiger partial charge in [0.15, 0.2) is 5.65 Å². The van der Waals surface area contributed by atoms with Gasteiger partial charge in [0.2, 0.25) is 11.9 Å². The fourth-order valence-electron chi connectivity index (χ4n) is 1.95. The first-order valence-electron chi connectivity index (χ1n) is 6.49. The van der Waals surface area contributed by atoms with Crippen LogP contribution < -0.4 is 5.32 Å². The number of carbonyl (C=O) groups excluding carboxylic acids is 1. The van der Waals surface area contributed by atoms with Crippen LogP contribution in [0.15, 0.2) is 18.2 Å². The highest BCUT2D eigenvalue weighted by Gasteiger charge is 2.11. The summed E-state index contributed by atoms with van der Waals surface area (Å²) in [5, 5.41) is 7.29. The van der Waals surface area contributed by atoms with E-state index in [1.807, 2.05) is 39.0 Å². The molecule has 6 nitrogen and oxygen atoms in total. The molecule has 1 amide bonds. The molecule has 0 aliphatic carbocycles. The van der Waals surface area contributed by atoms with Crippen LogP contribution in [-0.2, 0) is 4.79 Å². The first kappa shape index (κ1) is 13.3. The Bertz CT molecular complexity index is 573. The van der Waals surface area contributed by atoms with E-state index in [1.54, 1.807) is 9.42 Å². The first-order chi connectivity index (χ1) is 9.15. The third-order valence-corrected chi connectivity index (χ3v) is 3.06. The molecule has 0 bridgehead atoms. The molecule has 0 saturated heterocycles. The Labute approximate surface area is 112 Å². The van der Waals surface area contributed by atoms with Gasteiger partial charge in [-0.15, -0.1) is 5.10 Å². The molecule has 1 N–H and O–H groups in total. The van der Waals surface area contributed by atoms with Gasteiger partial charge in [-0.2, -0.15) is 4.98 Å². The Morgan fingerprint density at radius 1 is 1.37 bits per heavy atom. The molecule has 2 aromatic heterocycles. The van der Waals surface area contributed by atoms with Crippen LogP contribution in [0.5, 0.6) is 0 Å². The molecular formula is C13H19N5O. The second kappa shape index (κ2) is 5.69. The third kappa shape index (κ3) is 2.83. The number of nitrogens with one attached hydrogen (secondary N) is 1.